The van der Waals surface area contributed by atoms with Gasteiger partial charge in [-0.3, -0.25) is 4.90 Å². The zero-order valence-corrected chi connectivity index (χ0v) is 15.1. The first-order valence-electron chi connectivity index (χ1n) is 8.75. The van der Waals surface area contributed by atoms with Crippen LogP contribution in [0.25, 0.3) is 0 Å². The highest BCUT2D eigenvalue weighted by atomic mass is 35.5. The highest BCUT2D eigenvalue weighted by Gasteiger charge is 2.22. The van der Waals surface area contributed by atoms with Crippen molar-refractivity contribution in [2.75, 3.05) is 52.5 Å². The molecule has 0 saturated carbocycles. The third-order valence-corrected chi connectivity index (χ3v) is 4.62. The van der Waals surface area contributed by atoms with Crippen molar-refractivity contribution in [1.82, 2.24) is 9.80 Å². The summed E-state index contributed by atoms with van der Waals surface area (Å²) in [7, 11) is 0. The molecule has 5 nitrogen and oxygen atoms in total. The number of hydrogen-bond acceptors (Lipinski definition) is 5. The average Bonchev–Trinajstić information content (AvgIpc) is 3.07. The molecule has 0 aromatic heterocycles. The number of halogens is 1. The molecule has 2 heterocycles. The number of rotatable bonds is 8. The Morgan fingerprint density at radius 3 is 2.50 bits per heavy atom. The summed E-state index contributed by atoms with van der Waals surface area (Å²) in [5.74, 6) is 0. The predicted octanol–water partition coefficient (Wildman–Crippen LogP) is 1.34. The predicted molar refractivity (Wildman–Crippen MR) is 99.1 cm³/mol. The minimum atomic E-state index is -0.748. The molecule has 0 spiro atoms. The maximum atomic E-state index is 10.6. The van der Waals surface area contributed by atoms with E-state index in [0.717, 1.165) is 51.5 Å². The van der Waals surface area contributed by atoms with E-state index in [2.05, 4.69) is 16.4 Å². The molecule has 2 aliphatic heterocycles. The van der Waals surface area contributed by atoms with Crippen molar-refractivity contribution in [1.29, 1.82) is 0 Å². The van der Waals surface area contributed by atoms with Crippen molar-refractivity contribution in [2.24, 2.45) is 5.73 Å². The van der Waals surface area contributed by atoms with Crippen LogP contribution in [-0.4, -0.2) is 79.5 Å². The van der Waals surface area contributed by atoms with Crippen LogP contribution in [0.5, 0.6) is 0 Å². The summed E-state index contributed by atoms with van der Waals surface area (Å²) in [6, 6.07) is -0.335. The molecule has 1 unspecified atom stereocenters. The first kappa shape index (κ1) is 19.6. The number of allylic oxidation sites excluding steroid dienone is 2. The zero-order valence-electron chi connectivity index (χ0n) is 14.4. The fourth-order valence-corrected chi connectivity index (χ4v) is 3.27. The number of nitrogens with two attached hydrogens (primary N) is 1. The Kier molecular flexibility index (Phi) is 8.45. The van der Waals surface area contributed by atoms with Crippen LogP contribution >= 0.6 is 11.6 Å². The molecule has 2 atom stereocenters. The molecule has 2 aliphatic rings. The van der Waals surface area contributed by atoms with Crippen LogP contribution in [-0.2, 0) is 4.74 Å². The quantitative estimate of drug-likeness (QED) is 0.643. The Morgan fingerprint density at radius 2 is 1.88 bits per heavy atom. The number of nitrogens with zero attached hydrogens (tertiary/aromatic N) is 2. The van der Waals surface area contributed by atoms with Gasteiger partial charge in [0.2, 0.25) is 0 Å². The van der Waals surface area contributed by atoms with E-state index in [1.807, 2.05) is 12.2 Å². The fraction of sp³-hybridized carbons (Fsp3) is 0.667. The maximum Gasteiger partial charge on any atom is 0.0953 e. The lowest BCUT2D eigenvalue weighted by Gasteiger charge is -2.26. The molecule has 6 heteroatoms. The number of hydrogen-bond donors (Lipinski definition) is 2. The van der Waals surface area contributed by atoms with Gasteiger partial charge in [0.25, 0.3) is 0 Å². The van der Waals surface area contributed by atoms with E-state index in [-0.39, 0.29) is 6.04 Å². The van der Waals surface area contributed by atoms with Gasteiger partial charge >= 0.3 is 0 Å². The van der Waals surface area contributed by atoms with Crippen LogP contribution in [0.1, 0.15) is 12.8 Å². The number of morpholine rings is 1. The Bertz CT molecular complexity index is 455. The second-order valence-electron chi connectivity index (χ2n) is 6.52. The highest BCUT2D eigenvalue weighted by Crippen LogP contribution is 2.15. The van der Waals surface area contributed by atoms with Crippen LogP contribution in [0.3, 0.4) is 0 Å². The van der Waals surface area contributed by atoms with Crippen molar-refractivity contribution >= 4 is 11.6 Å². The molecule has 0 aromatic rings. The van der Waals surface area contributed by atoms with Crippen molar-refractivity contribution in [3.8, 4) is 0 Å². The SMILES string of the molecule is C=C(Cl)/C=C(\C=C/CN1CCOCC1)C(O)[C@H](N)CN1CCCC1. The van der Waals surface area contributed by atoms with Gasteiger partial charge in [-0.25, -0.2) is 0 Å². The lowest BCUT2D eigenvalue weighted by atomic mass is 10.0. The van der Waals surface area contributed by atoms with Gasteiger partial charge in [-0.1, -0.05) is 30.3 Å². The summed E-state index contributed by atoms with van der Waals surface area (Å²) < 4.78 is 5.35. The molecule has 24 heavy (non-hydrogen) atoms. The number of ether oxygens (including phenoxy) is 1. The Morgan fingerprint density at radius 1 is 1.21 bits per heavy atom. The monoisotopic (exact) mass is 355 g/mol. The van der Waals surface area contributed by atoms with Crippen LogP contribution < -0.4 is 5.73 Å². The Labute approximate surface area is 150 Å². The van der Waals surface area contributed by atoms with E-state index in [0.29, 0.717) is 11.6 Å². The van der Waals surface area contributed by atoms with E-state index in [1.54, 1.807) is 6.08 Å². The molecular weight excluding hydrogens is 326 g/mol. The number of aliphatic hydroxyl groups is 1. The summed E-state index contributed by atoms with van der Waals surface area (Å²) in [6.45, 7) is 10.8. The first-order chi connectivity index (χ1) is 11.6. The third kappa shape index (κ3) is 6.67. The van der Waals surface area contributed by atoms with Gasteiger partial charge in [0.15, 0.2) is 0 Å². The molecule has 0 aromatic carbocycles. The minimum absolute atomic E-state index is 0.335. The molecule has 3 N–H and O–H groups in total. The topological polar surface area (TPSA) is 62.0 Å². The van der Waals surface area contributed by atoms with Gasteiger partial charge < -0.3 is 20.5 Å². The second kappa shape index (κ2) is 10.3. The van der Waals surface area contributed by atoms with E-state index < -0.39 is 6.10 Å². The van der Waals surface area contributed by atoms with Gasteiger partial charge in [-0.2, -0.15) is 0 Å². The highest BCUT2D eigenvalue weighted by molar-refractivity contribution is 6.30. The van der Waals surface area contributed by atoms with Gasteiger partial charge in [-0.05, 0) is 37.6 Å². The summed E-state index contributed by atoms with van der Waals surface area (Å²) in [5, 5.41) is 11.0. The van der Waals surface area contributed by atoms with Crippen LogP contribution in [0.4, 0.5) is 0 Å². The molecule has 0 aliphatic carbocycles. The second-order valence-corrected chi connectivity index (χ2v) is 7.01. The molecule has 0 radical (unpaired) electrons. The van der Waals surface area contributed by atoms with Gasteiger partial charge in [0.05, 0.1) is 19.3 Å². The average molecular weight is 356 g/mol. The van der Waals surface area contributed by atoms with Crippen LogP contribution in [0.2, 0.25) is 0 Å². The molecule has 2 fully saturated rings. The van der Waals surface area contributed by atoms with E-state index in [1.165, 1.54) is 12.8 Å². The zero-order chi connectivity index (χ0) is 17.4. The van der Waals surface area contributed by atoms with Crippen molar-refractivity contribution < 1.29 is 9.84 Å². The number of aliphatic hydroxyl groups excluding tert-OH is 1. The molecule has 0 bridgehead atoms. The lowest BCUT2D eigenvalue weighted by Crippen LogP contribution is -2.44. The van der Waals surface area contributed by atoms with Gasteiger partial charge in [0, 0.05) is 37.3 Å². The van der Waals surface area contributed by atoms with Crippen molar-refractivity contribution in [3.05, 3.63) is 35.4 Å². The summed E-state index contributed by atoms with van der Waals surface area (Å²) in [4.78, 5) is 4.61. The molecule has 136 valence electrons. The molecule has 2 saturated heterocycles. The minimum Gasteiger partial charge on any atom is -0.387 e. The smallest absolute Gasteiger partial charge is 0.0953 e. The van der Waals surface area contributed by atoms with Gasteiger partial charge in [0.1, 0.15) is 0 Å². The molecule has 2 rings (SSSR count). The summed E-state index contributed by atoms with van der Waals surface area (Å²) >= 11 is 5.93. The molecular formula is C18H30ClN3O2. The van der Waals surface area contributed by atoms with Crippen LogP contribution in [0, 0.1) is 0 Å². The summed E-state index contributed by atoms with van der Waals surface area (Å²) in [5.41, 5.74) is 6.94. The maximum absolute atomic E-state index is 10.6. The van der Waals surface area contributed by atoms with E-state index in [4.69, 9.17) is 22.1 Å². The van der Waals surface area contributed by atoms with E-state index in [9.17, 15) is 5.11 Å². The van der Waals surface area contributed by atoms with Crippen molar-refractivity contribution in [2.45, 2.75) is 25.0 Å². The normalized spacial score (nSPS) is 23.7. The Balaban J connectivity index is 1.91. The standard InChI is InChI=1S/C18H30ClN3O2/c1-15(19)13-16(5-4-8-21-9-11-24-12-10-21)18(23)17(20)14-22-6-2-3-7-22/h4-5,13,17-18,23H,1-3,6-12,14,20H2/b5-4-,16-13+/t17-,18?/m1/s1. The Hall–Kier alpha value is -0.690. The van der Waals surface area contributed by atoms with Crippen LogP contribution in [0.15, 0.2) is 35.4 Å². The third-order valence-electron chi connectivity index (χ3n) is 4.52. The fourth-order valence-electron chi connectivity index (χ4n) is 3.14. The largest absolute Gasteiger partial charge is 0.387 e. The molecule has 0 amide bonds. The number of likely N-dealkylation sites (tertiary alicyclic amines) is 1. The van der Waals surface area contributed by atoms with E-state index >= 15 is 0 Å². The first-order valence-corrected chi connectivity index (χ1v) is 9.12. The summed E-state index contributed by atoms with van der Waals surface area (Å²) in [6.07, 6.45) is 7.33. The van der Waals surface area contributed by atoms with Crippen molar-refractivity contribution in [3.63, 3.8) is 0 Å². The lowest BCUT2D eigenvalue weighted by molar-refractivity contribution is 0.0434. The van der Waals surface area contributed by atoms with Gasteiger partial charge in [-0.15, -0.1) is 0 Å².